The summed E-state index contributed by atoms with van der Waals surface area (Å²) in [6.07, 6.45) is -3.09. The van der Waals surface area contributed by atoms with Gasteiger partial charge in [-0.2, -0.15) is 18.4 Å². The highest BCUT2D eigenvalue weighted by Gasteiger charge is 2.30. The summed E-state index contributed by atoms with van der Waals surface area (Å²) in [4.78, 5) is 4.42. The highest BCUT2D eigenvalue weighted by atomic mass is 35.5. The lowest BCUT2D eigenvalue weighted by atomic mass is 10.1. The van der Waals surface area contributed by atoms with E-state index >= 15 is 0 Å². The fourth-order valence-corrected chi connectivity index (χ4v) is 4.21. The topological polar surface area (TPSA) is 49.8 Å². The molecule has 2 aromatic carbocycles. The third-order valence-electron chi connectivity index (χ3n) is 4.44. The van der Waals surface area contributed by atoms with Crippen LogP contribution in [0.5, 0.6) is 0 Å². The van der Waals surface area contributed by atoms with Gasteiger partial charge in [-0.1, -0.05) is 35.3 Å². The fourth-order valence-electron chi connectivity index (χ4n) is 2.93. The van der Waals surface area contributed by atoms with Gasteiger partial charge in [-0.05, 0) is 54.1 Å². The number of allylic oxidation sites excluding steroid dienone is 1. The second kappa shape index (κ2) is 8.83. The first-order valence-electron chi connectivity index (χ1n) is 9.05. The maximum atomic E-state index is 12.9. The van der Waals surface area contributed by atoms with E-state index in [-0.39, 0.29) is 11.1 Å². The average Bonchev–Trinajstić information content (AvgIpc) is 3.41. The van der Waals surface area contributed by atoms with Gasteiger partial charge in [-0.15, -0.1) is 11.3 Å². The van der Waals surface area contributed by atoms with Gasteiger partial charge in [0.05, 0.1) is 16.2 Å². The largest absolute Gasteiger partial charge is 0.454 e. The Labute approximate surface area is 195 Å². The summed E-state index contributed by atoms with van der Waals surface area (Å²) in [6.45, 7) is 0. The number of aromatic nitrogens is 1. The van der Waals surface area contributed by atoms with E-state index < -0.39 is 11.7 Å². The number of nitriles is 1. The van der Waals surface area contributed by atoms with Gasteiger partial charge in [0.2, 0.25) is 0 Å². The van der Waals surface area contributed by atoms with E-state index in [4.69, 9.17) is 27.6 Å². The Morgan fingerprint density at radius 2 is 1.84 bits per heavy atom. The normalized spacial score (nSPS) is 12.1. The Kier molecular flexibility index (Phi) is 6.11. The molecule has 0 N–H and O–H groups in total. The lowest BCUT2D eigenvalue weighted by molar-refractivity contribution is -0.137. The molecule has 0 unspecified atom stereocenters. The van der Waals surface area contributed by atoms with Crippen molar-refractivity contribution in [2.24, 2.45) is 0 Å². The summed E-state index contributed by atoms with van der Waals surface area (Å²) >= 11 is 13.3. The molecule has 0 radical (unpaired) electrons. The molecule has 4 rings (SSSR count). The van der Waals surface area contributed by atoms with Crippen molar-refractivity contribution in [3.63, 3.8) is 0 Å². The smallest absolute Gasteiger partial charge is 0.416 e. The Balaban J connectivity index is 1.63. The third kappa shape index (κ3) is 4.73. The summed E-state index contributed by atoms with van der Waals surface area (Å²) in [7, 11) is 0. The molecule has 0 atom stereocenters. The van der Waals surface area contributed by atoms with Gasteiger partial charge in [-0.3, -0.25) is 0 Å². The summed E-state index contributed by atoms with van der Waals surface area (Å²) in [5.74, 6) is 0.987. The van der Waals surface area contributed by atoms with E-state index in [0.717, 1.165) is 12.1 Å². The van der Waals surface area contributed by atoms with Crippen LogP contribution >= 0.6 is 34.5 Å². The summed E-state index contributed by atoms with van der Waals surface area (Å²) in [5, 5.41) is 12.5. The molecule has 0 aliphatic rings. The van der Waals surface area contributed by atoms with Crippen molar-refractivity contribution in [1.29, 1.82) is 5.26 Å². The molecule has 0 saturated carbocycles. The van der Waals surface area contributed by atoms with Gasteiger partial charge in [0, 0.05) is 16.0 Å². The van der Waals surface area contributed by atoms with Crippen molar-refractivity contribution in [3.8, 4) is 28.8 Å². The molecule has 0 aliphatic heterocycles. The highest BCUT2D eigenvalue weighted by Crippen LogP contribution is 2.35. The van der Waals surface area contributed by atoms with Crippen LogP contribution in [0.1, 0.15) is 16.1 Å². The number of benzene rings is 2. The molecule has 0 aliphatic carbocycles. The summed E-state index contributed by atoms with van der Waals surface area (Å²) in [5.41, 5.74) is 0.776. The minimum absolute atomic E-state index is 0.146. The number of rotatable bonds is 4. The molecule has 4 aromatic rings. The molecule has 0 spiro atoms. The molecule has 9 heteroatoms. The van der Waals surface area contributed by atoms with Crippen LogP contribution in [0.3, 0.4) is 0 Å². The van der Waals surface area contributed by atoms with Gasteiger partial charge in [0.25, 0.3) is 0 Å². The standard InChI is InChI=1S/C23H11Cl2F3N2OS/c24-16-4-5-17(18(25)10-16)20-6-7-21(31-20)19-12-32-22(30-19)14(11-29)8-13-2-1-3-15(9-13)23(26,27)28/h1-10,12H/b14-8+. The molecule has 160 valence electrons. The lowest BCUT2D eigenvalue weighted by Crippen LogP contribution is -2.04. The second-order valence-corrected chi connectivity index (χ2v) is 8.32. The monoisotopic (exact) mass is 490 g/mol. The first kappa shape index (κ1) is 22.2. The number of alkyl halides is 3. The van der Waals surface area contributed by atoms with Crippen LogP contribution in [-0.2, 0) is 6.18 Å². The molecular weight excluding hydrogens is 480 g/mol. The third-order valence-corrected chi connectivity index (χ3v) is 5.86. The van der Waals surface area contributed by atoms with E-state index in [2.05, 4.69) is 4.98 Å². The maximum absolute atomic E-state index is 12.9. The Hall–Kier alpha value is -3.05. The molecule has 2 aromatic heterocycles. The average molecular weight is 491 g/mol. The van der Waals surface area contributed by atoms with Crippen LogP contribution in [0.25, 0.3) is 34.4 Å². The zero-order valence-corrected chi connectivity index (χ0v) is 18.3. The van der Waals surface area contributed by atoms with Gasteiger partial charge in [0.15, 0.2) is 5.76 Å². The van der Waals surface area contributed by atoms with Crippen LogP contribution < -0.4 is 0 Å². The molecule has 2 heterocycles. The van der Waals surface area contributed by atoms with Crippen LogP contribution in [0.2, 0.25) is 10.0 Å². The number of furan rings is 1. The first-order valence-corrected chi connectivity index (χ1v) is 10.7. The van der Waals surface area contributed by atoms with Gasteiger partial charge < -0.3 is 4.42 Å². The van der Waals surface area contributed by atoms with Crippen molar-refractivity contribution in [1.82, 2.24) is 4.98 Å². The molecule has 32 heavy (non-hydrogen) atoms. The highest BCUT2D eigenvalue weighted by molar-refractivity contribution is 7.11. The van der Waals surface area contributed by atoms with Crippen molar-refractivity contribution in [3.05, 3.63) is 86.2 Å². The predicted molar refractivity (Wildman–Crippen MR) is 120 cm³/mol. The van der Waals surface area contributed by atoms with Gasteiger partial charge in [0.1, 0.15) is 22.5 Å². The van der Waals surface area contributed by atoms with E-state index in [1.165, 1.54) is 29.5 Å². The number of halogens is 5. The Morgan fingerprint density at radius 1 is 1.06 bits per heavy atom. The second-order valence-electron chi connectivity index (χ2n) is 6.62. The molecular formula is C23H11Cl2F3N2OS. The predicted octanol–water partition coefficient (Wildman–Crippen LogP) is 8.46. The van der Waals surface area contributed by atoms with Crippen molar-refractivity contribution >= 4 is 46.2 Å². The van der Waals surface area contributed by atoms with Crippen molar-refractivity contribution in [2.45, 2.75) is 6.18 Å². The quantitative estimate of drug-likeness (QED) is 0.269. The fraction of sp³-hybridized carbons (Fsp3) is 0.0435. The van der Waals surface area contributed by atoms with Crippen LogP contribution in [0.15, 0.2) is 64.4 Å². The van der Waals surface area contributed by atoms with E-state index in [1.807, 2.05) is 6.07 Å². The van der Waals surface area contributed by atoms with Gasteiger partial charge >= 0.3 is 6.18 Å². The maximum Gasteiger partial charge on any atom is 0.416 e. The zero-order valence-electron chi connectivity index (χ0n) is 16.0. The summed E-state index contributed by atoms with van der Waals surface area (Å²) < 4.78 is 44.7. The number of nitrogens with zero attached hydrogens (tertiary/aromatic N) is 2. The molecule has 0 saturated heterocycles. The SMILES string of the molecule is N#C/C(=C\c1cccc(C(F)(F)F)c1)c1nc(-c2ccc(-c3ccc(Cl)cc3Cl)o2)cs1. The van der Waals surface area contributed by atoms with E-state index in [1.54, 1.807) is 35.7 Å². The van der Waals surface area contributed by atoms with E-state index in [0.29, 0.717) is 37.8 Å². The number of hydrogen-bond acceptors (Lipinski definition) is 4. The van der Waals surface area contributed by atoms with Gasteiger partial charge in [-0.25, -0.2) is 4.98 Å². The Morgan fingerprint density at radius 3 is 2.56 bits per heavy atom. The summed E-state index contributed by atoms with van der Waals surface area (Å²) in [6, 6.07) is 15.3. The number of thiazole rings is 1. The molecule has 0 fully saturated rings. The molecule has 0 amide bonds. The van der Waals surface area contributed by atoms with Crippen molar-refractivity contribution in [2.75, 3.05) is 0 Å². The molecule has 0 bridgehead atoms. The minimum Gasteiger partial charge on any atom is -0.454 e. The van der Waals surface area contributed by atoms with Crippen LogP contribution in [0, 0.1) is 11.3 Å². The van der Waals surface area contributed by atoms with Crippen molar-refractivity contribution < 1.29 is 17.6 Å². The molecule has 3 nitrogen and oxygen atoms in total. The zero-order chi connectivity index (χ0) is 22.9. The van der Waals surface area contributed by atoms with Crippen LogP contribution in [-0.4, -0.2) is 4.98 Å². The first-order chi connectivity index (χ1) is 15.2. The van der Waals surface area contributed by atoms with E-state index in [9.17, 15) is 18.4 Å². The lowest BCUT2D eigenvalue weighted by Gasteiger charge is -2.06. The Bertz CT molecular complexity index is 1370. The van der Waals surface area contributed by atoms with Crippen LogP contribution in [0.4, 0.5) is 13.2 Å². The minimum atomic E-state index is -4.46. The number of hydrogen-bond donors (Lipinski definition) is 0.